The van der Waals surface area contributed by atoms with Gasteiger partial charge in [0, 0.05) is 25.2 Å². The number of aromatic nitrogens is 2. The SMILES string of the molecule is CCOC(=O)C1CCCN(c2nc3cc4c(cc3[nH]2)OCCO4)C1. The maximum absolute atomic E-state index is 12.0. The quantitative estimate of drug-likeness (QED) is 0.868. The Morgan fingerprint density at radius 1 is 1.38 bits per heavy atom. The second-order valence-corrected chi connectivity index (χ2v) is 6.11. The lowest BCUT2D eigenvalue weighted by molar-refractivity contribution is -0.148. The van der Waals surface area contributed by atoms with Crippen LogP contribution in [0.2, 0.25) is 0 Å². The van der Waals surface area contributed by atoms with Crippen LogP contribution in [0.15, 0.2) is 12.1 Å². The number of fused-ring (bicyclic) bond motifs is 2. The van der Waals surface area contributed by atoms with Crippen molar-refractivity contribution in [2.75, 3.05) is 37.8 Å². The zero-order chi connectivity index (χ0) is 16.5. The van der Waals surface area contributed by atoms with Gasteiger partial charge < -0.3 is 24.1 Å². The number of carbonyl (C=O) groups is 1. The molecule has 0 aliphatic carbocycles. The highest BCUT2D eigenvalue weighted by atomic mass is 16.6. The average molecular weight is 331 g/mol. The van der Waals surface area contributed by atoms with Gasteiger partial charge in [0.15, 0.2) is 11.5 Å². The van der Waals surface area contributed by atoms with Crippen LogP contribution in [0.3, 0.4) is 0 Å². The highest BCUT2D eigenvalue weighted by molar-refractivity contribution is 5.82. The van der Waals surface area contributed by atoms with Gasteiger partial charge in [-0.2, -0.15) is 0 Å². The third kappa shape index (κ3) is 2.74. The molecule has 1 saturated heterocycles. The number of piperidine rings is 1. The molecule has 1 atom stereocenters. The number of aromatic amines is 1. The van der Waals surface area contributed by atoms with E-state index in [1.54, 1.807) is 0 Å². The molecule has 0 amide bonds. The number of nitrogens with one attached hydrogen (secondary N) is 1. The Morgan fingerprint density at radius 3 is 2.96 bits per heavy atom. The summed E-state index contributed by atoms with van der Waals surface area (Å²) in [7, 11) is 0. The van der Waals surface area contributed by atoms with Crippen molar-refractivity contribution in [2.24, 2.45) is 5.92 Å². The first-order valence-electron chi connectivity index (χ1n) is 8.45. The maximum atomic E-state index is 12.0. The summed E-state index contributed by atoms with van der Waals surface area (Å²) in [4.78, 5) is 22.1. The minimum atomic E-state index is -0.115. The molecule has 1 N–H and O–H groups in total. The Bertz CT molecular complexity index is 715. The summed E-state index contributed by atoms with van der Waals surface area (Å²) < 4.78 is 16.4. The van der Waals surface area contributed by atoms with Crippen LogP contribution in [-0.4, -0.2) is 48.8 Å². The van der Waals surface area contributed by atoms with Crippen molar-refractivity contribution in [1.82, 2.24) is 9.97 Å². The van der Waals surface area contributed by atoms with Crippen molar-refractivity contribution in [3.05, 3.63) is 12.1 Å². The van der Waals surface area contributed by atoms with Gasteiger partial charge in [0.1, 0.15) is 13.2 Å². The zero-order valence-electron chi connectivity index (χ0n) is 13.7. The molecule has 0 saturated carbocycles. The summed E-state index contributed by atoms with van der Waals surface area (Å²) in [5.41, 5.74) is 1.75. The second-order valence-electron chi connectivity index (χ2n) is 6.11. The van der Waals surface area contributed by atoms with E-state index < -0.39 is 0 Å². The lowest BCUT2D eigenvalue weighted by Crippen LogP contribution is -2.40. The van der Waals surface area contributed by atoms with E-state index in [2.05, 4.69) is 14.9 Å². The normalized spacial score (nSPS) is 20.2. The van der Waals surface area contributed by atoms with Gasteiger partial charge in [-0.3, -0.25) is 4.79 Å². The highest BCUT2D eigenvalue weighted by Crippen LogP contribution is 2.35. The minimum absolute atomic E-state index is 0.0909. The van der Waals surface area contributed by atoms with E-state index in [4.69, 9.17) is 14.2 Å². The molecule has 3 heterocycles. The number of benzene rings is 1. The largest absolute Gasteiger partial charge is 0.486 e. The Hall–Kier alpha value is -2.44. The summed E-state index contributed by atoms with van der Waals surface area (Å²) in [6, 6.07) is 3.82. The second kappa shape index (κ2) is 6.22. The Kier molecular flexibility index (Phi) is 3.92. The van der Waals surface area contributed by atoms with E-state index in [9.17, 15) is 4.79 Å². The molecule has 128 valence electrons. The topological polar surface area (TPSA) is 76.7 Å². The first-order valence-corrected chi connectivity index (χ1v) is 8.45. The standard InChI is InChI=1S/C17H21N3O4/c1-2-22-16(21)11-4-3-5-20(10-11)17-18-12-8-14-15(9-13(12)19-17)24-7-6-23-14/h8-9,11H,2-7,10H2,1H3,(H,18,19). The summed E-state index contributed by atoms with van der Waals surface area (Å²) in [6.45, 7) is 4.89. The monoisotopic (exact) mass is 331 g/mol. The highest BCUT2D eigenvalue weighted by Gasteiger charge is 2.28. The van der Waals surface area contributed by atoms with Gasteiger partial charge in [-0.05, 0) is 19.8 Å². The van der Waals surface area contributed by atoms with Gasteiger partial charge in [-0.1, -0.05) is 0 Å². The fraction of sp³-hybridized carbons (Fsp3) is 0.529. The summed E-state index contributed by atoms with van der Waals surface area (Å²) >= 11 is 0. The average Bonchev–Trinajstić information content (AvgIpc) is 3.03. The van der Waals surface area contributed by atoms with E-state index in [-0.39, 0.29) is 11.9 Å². The maximum Gasteiger partial charge on any atom is 0.310 e. The number of ether oxygens (including phenoxy) is 3. The van der Waals surface area contributed by atoms with Crippen LogP contribution in [0.5, 0.6) is 11.5 Å². The molecule has 7 heteroatoms. The number of anilines is 1. The third-order valence-electron chi connectivity index (χ3n) is 4.47. The lowest BCUT2D eigenvalue weighted by Gasteiger charge is -2.31. The number of esters is 1. The molecule has 24 heavy (non-hydrogen) atoms. The van der Waals surface area contributed by atoms with Gasteiger partial charge >= 0.3 is 5.97 Å². The number of hydrogen-bond donors (Lipinski definition) is 1. The molecular formula is C17H21N3O4. The molecule has 7 nitrogen and oxygen atoms in total. The van der Waals surface area contributed by atoms with Crippen molar-refractivity contribution < 1.29 is 19.0 Å². The molecule has 1 unspecified atom stereocenters. The van der Waals surface area contributed by atoms with Crippen LogP contribution in [0.1, 0.15) is 19.8 Å². The van der Waals surface area contributed by atoms with E-state index in [1.165, 1.54) is 0 Å². The van der Waals surface area contributed by atoms with Crippen LogP contribution in [0, 0.1) is 5.92 Å². The molecule has 2 aromatic rings. The molecular weight excluding hydrogens is 310 g/mol. The Balaban J connectivity index is 1.58. The van der Waals surface area contributed by atoms with E-state index in [0.717, 1.165) is 47.9 Å². The first kappa shape index (κ1) is 15.1. The summed E-state index contributed by atoms with van der Waals surface area (Å²) in [5.74, 6) is 2.05. The Morgan fingerprint density at radius 2 is 2.17 bits per heavy atom. The van der Waals surface area contributed by atoms with Crippen LogP contribution in [-0.2, 0) is 9.53 Å². The number of rotatable bonds is 3. The van der Waals surface area contributed by atoms with Crippen molar-refractivity contribution in [1.29, 1.82) is 0 Å². The van der Waals surface area contributed by atoms with Gasteiger partial charge in [-0.25, -0.2) is 4.98 Å². The first-order chi connectivity index (χ1) is 11.7. The number of hydrogen-bond acceptors (Lipinski definition) is 6. The molecule has 0 spiro atoms. The van der Waals surface area contributed by atoms with Crippen molar-refractivity contribution in [3.8, 4) is 11.5 Å². The van der Waals surface area contributed by atoms with Crippen LogP contribution in [0.25, 0.3) is 11.0 Å². The van der Waals surface area contributed by atoms with Crippen LogP contribution >= 0.6 is 0 Å². The van der Waals surface area contributed by atoms with Crippen LogP contribution < -0.4 is 14.4 Å². The van der Waals surface area contributed by atoms with Gasteiger partial charge in [0.2, 0.25) is 5.95 Å². The predicted octanol–water partition coefficient (Wildman–Crippen LogP) is 2.11. The third-order valence-corrected chi connectivity index (χ3v) is 4.47. The smallest absolute Gasteiger partial charge is 0.310 e. The van der Waals surface area contributed by atoms with E-state index in [1.807, 2.05) is 19.1 Å². The van der Waals surface area contributed by atoms with Gasteiger partial charge in [0.05, 0.1) is 23.6 Å². The van der Waals surface area contributed by atoms with Crippen molar-refractivity contribution >= 4 is 23.0 Å². The van der Waals surface area contributed by atoms with Gasteiger partial charge in [0.25, 0.3) is 0 Å². The molecule has 1 fully saturated rings. The molecule has 2 aliphatic rings. The number of nitrogens with zero attached hydrogens (tertiary/aromatic N) is 2. The number of imidazole rings is 1. The molecule has 0 radical (unpaired) electrons. The predicted molar refractivity (Wildman–Crippen MR) is 88.7 cm³/mol. The number of H-pyrrole nitrogens is 1. The van der Waals surface area contributed by atoms with E-state index in [0.29, 0.717) is 26.4 Å². The molecule has 1 aromatic heterocycles. The fourth-order valence-electron chi connectivity index (χ4n) is 3.30. The lowest BCUT2D eigenvalue weighted by atomic mass is 9.98. The number of carbonyl (C=O) groups excluding carboxylic acids is 1. The molecule has 1 aromatic carbocycles. The van der Waals surface area contributed by atoms with E-state index >= 15 is 0 Å². The van der Waals surface area contributed by atoms with Crippen molar-refractivity contribution in [3.63, 3.8) is 0 Å². The molecule has 2 aliphatic heterocycles. The van der Waals surface area contributed by atoms with Gasteiger partial charge in [-0.15, -0.1) is 0 Å². The Labute approximate surface area is 139 Å². The summed E-state index contributed by atoms with van der Waals surface area (Å²) in [6.07, 6.45) is 1.81. The van der Waals surface area contributed by atoms with Crippen LogP contribution in [0.4, 0.5) is 5.95 Å². The fourth-order valence-corrected chi connectivity index (χ4v) is 3.30. The minimum Gasteiger partial charge on any atom is -0.486 e. The summed E-state index contributed by atoms with van der Waals surface area (Å²) in [5, 5.41) is 0. The zero-order valence-corrected chi connectivity index (χ0v) is 13.7. The van der Waals surface area contributed by atoms with Crippen molar-refractivity contribution in [2.45, 2.75) is 19.8 Å². The molecule has 4 rings (SSSR count). The molecule has 0 bridgehead atoms.